The third kappa shape index (κ3) is 2.73. The number of benzene rings is 1. The standard InChI is InChI=1S/C15H21NO3/c1-15(2,3)11-4-5-13(18)12(7-11)16-8-10(9-17)6-14(16)19/h4-5,7,10,17-18H,6,8-9H2,1-3H3. The largest absolute Gasteiger partial charge is 0.506 e. The van der Waals surface area contributed by atoms with Crippen LogP contribution in [0.5, 0.6) is 5.75 Å². The summed E-state index contributed by atoms with van der Waals surface area (Å²) in [5, 5.41) is 19.1. The van der Waals surface area contributed by atoms with E-state index in [1.807, 2.05) is 12.1 Å². The van der Waals surface area contributed by atoms with Crippen molar-refractivity contribution in [2.24, 2.45) is 5.92 Å². The molecule has 1 amide bonds. The van der Waals surface area contributed by atoms with Gasteiger partial charge in [0, 0.05) is 25.5 Å². The SMILES string of the molecule is CC(C)(C)c1ccc(O)c(N2CC(CO)CC2=O)c1. The van der Waals surface area contributed by atoms with Crippen LogP contribution in [-0.2, 0) is 10.2 Å². The van der Waals surface area contributed by atoms with Crippen LogP contribution in [0, 0.1) is 5.92 Å². The van der Waals surface area contributed by atoms with Crippen LogP contribution in [0.2, 0.25) is 0 Å². The van der Waals surface area contributed by atoms with Crippen LogP contribution in [0.3, 0.4) is 0 Å². The number of phenolic OH excluding ortho intramolecular Hbond substituents is 1. The highest BCUT2D eigenvalue weighted by molar-refractivity contribution is 5.97. The van der Waals surface area contributed by atoms with Gasteiger partial charge in [0.25, 0.3) is 0 Å². The van der Waals surface area contributed by atoms with Gasteiger partial charge in [-0.3, -0.25) is 4.79 Å². The number of aromatic hydroxyl groups is 1. The number of hydrogen-bond donors (Lipinski definition) is 2. The maximum Gasteiger partial charge on any atom is 0.227 e. The second-order valence-electron chi connectivity index (χ2n) is 6.21. The van der Waals surface area contributed by atoms with Gasteiger partial charge in [0.1, 0.15) is 5.75 Å². The average molecular weight is 263 g/mol. The van der Waals surface area contributed by atoms with Crippen molar-refractivity contribution in [1.82, 2.24) is 0 Å². The first kappa shape index (κ1) is 13.9. The molecule has 0 saturated carbocycles. The molecule has 0 radical (unpaired) electrons. The van der Waals surface area contributed by atoms with Crippen LogP contribution in [0.15, 0.2) is 18.2 Å². The van der Waals surface area contributed by atoms with Gasteiger partial charge in [0.2, 0.25) is 5.91 Å². The maximum absolute atomic E-state index is 12.0. The molecule has 1 unspecified atom stereocenters. The van der Waals surface area contributed by atoms with E-state index in [0.29, 0.717) is 18.7 Å². The number of hydrogen-bond acceptors (Lipinski definition) is 3. The minimum Gasteiger partial charge on any atom is -0.506 e. The molecule has 2 N–H and O–H groups in total. The molecule has 104 valence electrons. The van der Waals surface area contributed by atoms with Crippen LogP contribution >= 0.6 is 0 Å². The van der Waals surface area contributed by atoms with Crippen molar-refractivity contribution in [3.05, 3.63) is 23.8 Å². The summed E-state index contributed by atoms with van der Waals surface area (Å²) in [7, 11) is 0. The molecule has 0 bridgehead atoms. The van der Waals surface area contributed by atoms with E-state index in [9.17, 15) is 9.90 Å². The summed E-state index contributed by atoms with van der Waals surface area (Å²) >= 11 is 0. The Kier molecular flexibility index (Phi) is 3.54. The van der Waals surface area contributed by atoms with E-state index in [-0.39, 0.29) is 29.6 Å². The Hall–Kier alpha value is -1.55. The zero-order valence-corrected chi connectivity index (χ0v) is 11.7. The molecule has 1 atom stereocenters. The summed E-state index contributed by atoms with van der Waals surface area (Å²) in [4.78, 5) is 13.5. The minimum absolute atomic E-state index is 0.00195. The lowest BCUT2D eigenvalue weighted by Crippen LogP contribution is -2.25. The second kappa shape index (κ2) is 4.85. The molecule has 1 heterocycles. The summed E-state index contributed by atoms with van der Waals surface area (Å²) in [5.74, 6) is 0.0329. The van der Waals surface area contributed by atoms with Crippen LogP contribution in [0.25, 0.3) is 0 Å². The molecule has 1 fully saturated rings. The van der Waals surface area contributed by atoms with Gasteiger partial charge in [-0.15, -0.1) is 0 Å². The van der Waals surface area contributed by atoms with Crippen LogP contribution in [0.4, 0.5) is 5.69 Å². The van der Waals surface area contributed by atoms with Crippen molar-refractivity contribution in [3.63, 3.8) is 0 Å². The van der Waals surface area contributed by atoms with Gasteiger partial charge in [-0.1, -0.05) is 26.8 Å². The Balaban J connectivity index is 2.37. The lowest BCUT2D eigenvalue weighted by Gasteiger charge is -2.23. The number of carbonyl (C=O) groups excluding carboxylic acids is 1. The van der Waals surface area contributed by atoms with Gasteiger partial charge in [0.05, 0.1) is 5.69 Å². The predicted octanol–water partition coefficient (Wildman–Crippen LogP) is 2.03. The van der Waals surface area contributed by atoms with E-state index in [4.69, 9.17) is 5.11 Å². The highest BCUT2D eigenvalue weighted by atomic mass is 16.3. The molecule has 1 aromatic rings. The molecule has 1 aromatic carbocycles. The molecule has 1 aliphatic heterocycles. The van der Waals surface area contributed by atoms with Gasteiger partial charge >= 0.3 is 0 Å². The monoisotopic (exact) mass is 263 g/mol. The van der Waals surface area contributed by atoms with Gasteiger partial charge in [0.15, 0.2) is 0 Å². The molecule has 0 aromatic heterocycles. The molecule has 0 aliphatic carbocycles. The molecule has 19 heavy (non-hydrogen) atoms. The van der Waals surface area contributed by atoms with Crippen molar-refractivity contribution in [3.8, 4) is 5.75 Å². The molecular formula is C15H21NO3. The Bertz CT molecular complexity index is 491. The first-order chi connectivity index (χ1) is 8.82. The van der Waals surface area contributed by atoms with E-state index in [1.54, 1.807) is 11.0 Å². The number of rotatable bonds is 2. The summed E-state index contributed by atoms with van der Waals surface area (Å²) < 4.78 is 0. The van der Waals surface area contributed by atoms with Gasteiger partial charge in [-0.05, 0) is 23.1 Å². The maximum atomic E-state index is 12.0. The Morgan fingerprint density at radius 3 is 2.58 bits per heavy atom. The first-order valence-electron chi connectivity index (χ1n) is 6.57. The van der Waals surface area contributed by atoms with Crippen LogP contribution in [0.1, 0.15) is 32.8 Å². The normalized spacial score (nSPS) is 20.1. The molecular weight excluding hydrogens is 242 g/mol. The Morgan fingerprint density at radius 1 is 1.37 bits per heavy atom. The molecule has 0 spiro atoms. The van der Waals surface area contributed by atoms with Gasteiger partial charge in [-0.2, -0.15) is 0 Å². The predicted molar refractivity (Wildman–Crippen MR) is 74.4 cm³/mol. The van der Waals surface area contributed by atoms with Crippen molar-refractivity contribution in [2.45, 2.75) is 32.6 Å². The second-order valence-corrected chi connectivity index (χ2v) is 6.21. The van der Waals surface area contributed by atoms with E-state index >= 15 is 0 Å². The molecule has 1 aliphatic rings. The lowest BCUT2D eigenvalue weighted by molar-refractivity contribution is -0.117. The number of carbonyl (C=O) groups is 1. The molecule has 4 nitrogen and oxygen atoms in total. The first-order valence-corrected chi connectivity index (χ1v) is 6.57. The molecule has 1 saturated heterocycles. The van der Waals surface area contributed by atoms with Crippen LogP contribution < -0.4 is 4.90 Å². The third-order valence-electron chi connectivity index (χ3n) is 3.60. The van der Waals surface area contributed by atoms with Crippen molar-refractivity contribution < 1.29 is 15.0 Å². The van der Waals surface area contributed by atoms with E-state index < -0.39 is 0 Å². The van der Waals surface area contributed by atoms with E-state index in [1.165, 1.54) is 0 Å². The number of nitrogens with zero attached hydrogens (tertiary/aromatic N) is 1. The smallest absolute Gasteiger partial charge is 0.227 e. The molecule has 4 heteroatoms. The zero-order valence-electron chi connectivity index (χ0n) is 11.7. The van der Waals surface area contributed by atoms with Gasteiger partial charge < -0.3 is 15.1 Å². The fourth-order valence-corrected chi connectivity index (χ4v) is 2.34. The number of phenols is 1. The summed E-state index contributed by atoms with van der Waals surface area (Å²) in [6.45, 7) is 6.74. The summed E-state index contributed by atoms with van der Waals surface area (Å²) in [5.41, 5.74) is 1.58. The third-order valence-corrected chi connectivity index (χ3v) is 3.60. The minimum atomic E-state index is -0.0413. The number of aliphatic hydroxyl groups is 1. The Labute approximate surface area is 113 Å². The number of anilines is 1. The zero-order chi connectivity index (χ0) is 14.2. The number of aliphatic hydroxyl groups excluding tert-OH is 1. The lowest BCUT2D eigenvalue weighted by atomic mass is 9.86. The van der Waals surface area contributed by atoms with Crippen LogP contribution in [-0.4, -0.2) is 29.3 Å². The topological polar surface area (TPSA) is 60.8 Å². The fourth-order valence-electron chi connectivity index (χ4n) is 2.34. The summed E-state index contributed by atoms with van der Waals surface area (Å²) in [6.07, 6.45) is 0.343. The highest BCUT2D eigenvalue weighted by Gasteiger charge is 2.32. The fraction of sp³-hybridized carbons (Fsp3) is 0.533. The summed E-state index contributed by atoms with van der Waals surface area (Å²) in [6, 6.07) is 5.38. The van der Waals surface area contributed by atoms with Crippen molar-refractivity contribution in [2.75, 3.05) is 18.1 Å². The Morgan fingerprint density at radius 2 is 2.05 bits per heavy atom. The van der Waals surface area contributed by atoms with Crippen molar-refractivity contribution >= 4 is 11.6 Å². The average Bonchev–Trinajstić information content (AvgIpc) is 2.69. The van der Waals surface area contributed by atoms with E-state index in [0.717, 1.165) is 5.56 Å². The molecule has 2 rings (SSSR count). The quantitative estimate of drug-likeness (QED) is 0.858. The van der Waals surface area contributed by atoms with Gasteiger partial charge in [-0.25, -0.2) is 0 Å². The highest BCUT2D eigenvalue weighted by Crippen LogP contribution is 2.36. The number of amides is 1. The van der Waals surface area contributed by atoms with Crippen molar-refractivity contribution in [1.29, 1.82) is 0 Å². The van der Waals surface area contributed by atoms with E-state index in [2.05, 4.69) is 20.8 Å².